The fourth-order valence-corrected chi connectivity index (χ4v) is 6.92. The monoisotopic (exact) mass is 360 g/mol. The Balaban J connectivity index is 1.68. The van der Waals surface area contributed by atoms with Gasteiger partial charge in [-0.25, -0.2) is 0 Å². The van der Waals surface area contributed by atoms with E-state index in [9.17, 15) is 14.7 Å². The number of rotatable bonds is 1. The summed E-state index contributed by atoms with van der Waals surface area (Å²) >= 11 is 0. The molecule has 0 spiro atoms. The molecule has 5 nitrogen and oxygen atoms in total. The molecule has 3 aliphatic carbocycles. The molecule has 3 N–H and O–H groups in total. The van der Waals surface area contributed by atoms with Crippen LogP contribution in [0.15, 0.2) is 11.6 Å². The van der Waals surface area contributed by atoms with Gasteiger partial charge >= 0.3 is 0 Å². The van der Waals surface area contributed by atoms with E-state index in [1.165, 1.54) is 0 Å². The minimum absolute atomic E-state index is 0.0127. The van der Waals surface area contributed by atoms with Crippen molar-refractivity contribution in [3.8, 4) is 0 Å². The highest BCUT2D eigenvalue weighted by atomic mass is 16.3. The summed E-state index contributed by atoms with van der Waals surface area (Å²) in [5.74, 6) is 1.52. The van der Waals surface area contributed by atoms with E-state index in [1.54, 1.807) is 6.92 Å². The van der Waals surface area contributed by atoms with Crippen molar-refractivity contribution in [3.05, 3.63) is 11.6 Å². The second-order valence-corrected chi connectivity index (χ2v) is 9.57. The summed E-state index contributed by atoms with van der Waals surface area (Å²) in [6.07, 6.45) is 7.29. The van der Waals surface area contributed by atoms with E-state index < -0.39 is 6.10 Å². The SMILES string of the molecule is CC(=O)NC1CCC2C3CNC(=O)C4=CC(O)CCC4(C)C3CCC12C. The summed E-state index contributed by atoms with van der Waals surface area (Å²) < 4.78 is 0. The van der Waals surface area contributed by atoms with E-state index in [1.807, 2.05) is 6.08 Å². The molecule has 4 aliphatic rings. The van der Waals surface area contributed by atoms with E-state index in [2.05, 4.69) is 24.5 Å². The average molecular weight is 360 g/mol. The van der Waals surface area contributed by atoms with E-state index >= 15 is 0 Å². The lowest BCUT2D eigenvalue weighted by molar-refractivity contribution is -0.121. The summed E-state index contributed by atoms with van der Waals surface area (Å²) in [4.78, 5) is 24.4. The Morgan fingerprint density at radius 2 is 1.96 bits per heavy atom. The van der Waals surface area contributed by atoms with Crippen molar-refractivity contribution >= 4 is 11.8 Å². The first-order valence-corrected chi connectivity index (χ1v) is 10.2. The summed E-state index contributed by atoms with van der Waals surface area (Å²) in [5, 5.41) is 16.5. The first-order chi connectivity index (χ1) is 12.3. The molecule has 2 amide bonds. The molecule has 0 radical (unpaired) electrons. The highest BCUT2D eigenvalue weighted by Gasteiger charge is 2.59. The molecule has 0 bridgehead atoms. The Kier molecular flexibility index (Phi) is 4.22. The molecular formula is C21H32N2O3. The standard InChI is InChI=1S/C21H32N2O3/c1-12(24)23-18-5-4-15-14-11-22-19(26)17-10-13(25)6-8-20(17,2)16(14)7-9-21(15,18)3/h10,13-16,18,25H,4-9,11H2,1-3H3,(H,22,26)(H,23,24). The third-order valence-electron chi connectivity index (χ3n) is 8.31. The fraction of sp³-hybridized carbons (Fsp3) is 0.810. The smallest absolute Gasteiger partial charge is 0.247 e. The predicted molar refractivity (Wildman–Crippen MR) is 99.1 cm³/mol. The van der Waals surface area contributed by atoms with Crippen LogP contribution in [0.3, 0.4) is 0 Å². The number of nitrogens with one attached hydrogen (secondary N) is 2. The van der Waals surface area contributed by atoms with Crippen molar-refractivity contribution < 1.29 is 14.7 Å². The Morgan fingerprint density at radius 3 is 2.69 bits per heavy atom. The van der Waals surface area contributed by atoms with Crippen molar-refractivity contribution in [3.63, 3.8) is 0 Å². The molecule has 3 fully saturated rings. The van der Waals surface area contributed by atoms with Crippen molar-refractivity contribution in [1.29, 1.82) is 0 Å². The molecule has 0 aromatic rings. The van der Waals surface area contributed by atoms with Gasteiger partial charge in [0.25, 0.3) is 0 Å². The molecule has 2 saturated carbocycles. The molecule has 0 aromatic carbocycles. The van der Waals surface area contributed by atoms with Gasteiger partial charge < -0.3 is 15.7 Å². The van der Waals surface area contributed by atoms with E-state index in [4.69, 9.17) is 0 Å². The molecule has 4 rings (SSSR count). The number of hydrogen-bond donors (Lipinski definition) is 3. The highest BCUT2D eigenvalue weighted by molar-refractivity contribution is 5.95. The van der Waals surface area contributed by atoms with Crippen LogP contribution in [0.4, 0.5) is 0 Å². The Hall–Kier alpha value is -1.36. The topological polar surface area (TPSA) is 78.4 Å². The lowest BCUT2D eigenvalue weighted by Gasteiger charge is -2.53. The number of hydrogen-bond acceptors (Lipinski definition) is 3. The van der Waals surface area contributed by atoms with Crippen LogP contribution in [0.1, 0.15) is 59.3 Å². The molecular weight excluding hydrogens is 328 g/mol. The van der Waals surface area contributed by atoms with Gasteiger partial charge in [0, 0.05) is 30.5 Å². The normalized spacial score (nSPS) is 47.6. The van der Waals surface area contributed by atoms with Gasteiger partial charge in [0.1, 0.15) is 0 Å². The molecule has 1 saturated heterocycles. The molecule has 7 unspecified atom stereocenters. The van der Waals surface area contributed by atoms with Gasteiger partial charge in [-0.1, -0.05) is 13.8 Å². The van der Waals surface area contributed by atoms with Gasteiger partial charge in [0.05, 0.1) is 6.10 Å². The quantitative estimate of drug-likeness (QED) is 0.670. The minimum Gasteiger partial charge on any atom is -0.389 e. The van der Waals surface area contributed by atoms with Gasteiger partial charge in [-0.2, -0.15) is 0 Å². The molecule has 1 aliphatic heterocycles. The van der Waals surface area contributed by atoms with Crippen molar-refractivity contribution in [2.24, 2.45) is 28.6 Å². The van der Waals surface area contributed by atoms with Crippen molar-refractivity contribution in [2.75, 3.05) is 6.54 Å². The average Bonchev–Trinajstić information content (AvgIpc) is 2.85. The Morgan fingerprint density at radius 1 is 1.19 bits per heavy atom. The van der Waals surface area contributed by atoms with Crippen LogP contribution in [-0.4, -0.2) is 35.6 Å². The molecule has 1 heterocycles. The molecule has 26 heavy (non-hydrogen) atoms. The largest absolute Gasteiger partial charge is 0.389 e. The first-order valence-electron chi connectivity index (χ1n) is 10.2. The number of aliphatic hydroxyl groups excluding tert-OH is 1. The number of carbonyl (C=O) groups is 2. The zero-order valence-corrected chi connectivity index (χ0v) is 16.2. The number of fused-ring (bicyclic) bond motifs is 5. The van der Waals surface area contributed by atoms with Gasteiger partial charge in [0.15, 0.2) is 0 Å². The predicted octanol–water partition coefficient (Wildman–Crippen LogP) is 2.15. The zero-order valence-electron chi connectivity index (χ0n) is 16.2. The summed E-state index contributed by atoms with van der Waals surface area (Å²) in [5.41, 5.74) is 0.789. The summed E-state index contributed by atoms with van der Waals surface area (Å²) in [6.45, 7) is 6.92. The third-order valence-corrected chi connectivity index (χ3v) is 8.31. The van der Waals surface area contributed by atoms with Crippen LogP contribution in [0.25, 0.3) is 0 Å². The second-order valence-electron chi connectivity index (χ2n) is 9.57. The van der Waals surface area contributed by atoms with Crippen LogP contribution >= 0.6 is 0 Å². The number of carbonyl (C=O) groups excluding carboxylic acids is 2. The van der Waals surface area contributed by atoms with Crippen molar-refractivity contribution in [2.45, 2.75) is 71.4 Å². The fourth-order valence-electron chi connectivity index (χ4n) is 6.92. The third kappa shape index (κ3) is 2.54. The number of amides is 2. The zero-order chi connectivity index (χ0) is 18.7. The molecule has 7 atom stereocenters. The first kappa shape index (κ1) is 18.0. The Labute approximate surface area is 156 Å². The van der Waals surface area contributed by atoms with E-state index in [0.717, 1.165) is 50.6 Å². The van der Waals surface area contributed by atoms with Crippen molar-refractivity contribution in [1.82, 2.24) is 10.6 Å². The highest BCUT2D eigenvalue weighted by Crippen LogP contribution is 2.62. The van der Waals surface area contributed by atoms with Gasteiger partial charge in [-0.15, -0.1) is 0 Å². The Bertz CT molecular complexity index is 660. The van der Waals surface area contributed by atoms with Crippen LogP contribution in [0, 0.1) is 28.6 Å². The maximum absolute atomic E-state index is 12.8. The van der Waals surface area contributed by atoms with Crippen LogP contribution in [0.2, 0.25) is 0 Å². The lowest BCUT2D eigenvalue weighted by Crippen LogP contribution is -2.53. The van der Waals surface area contributed by atoms with Gasteiger partial charge in [0.2, 0.25) is 11.8 Å². The summed E-state index contributed by atoms with van der Waals surface area (Å²) in [6, 6.07) is 0.251. The van der Waals surface area contributed by atoms with E-state index in [0.29, 0.717) is 17.8 Å². The van der Waals surface area contributed by atoms with Crippen LogP contribution in [0.5, 0.6) is 0 Å². The molecule has 144 valence electrons. The lowest BCUT2D eigenvalue weighted by atomic mass is 9.51. The molecule has 5 heteroatoms. The minimum atomic E-state index is -0.496. The second kappa shape index (κ2) is 6.08. The summed E-state index contributed by atoms with van der Waals surface area (Å²) in [7, 11) is 0. The van der Waals surface area contributed by atoms with E-state index in [-0.39, 0.29) is 28.7 Å². The van der Waals surface area contributed by atoms with Gasteiger partial charge in [-0.05, 0) is 67.8 Å². The van der Waals surface area contributed by atoms with Crippen LogP contribution in [-0.2, 0) is 9.59 Å². The number of aliphatic hydroxyl groups is 1. The van der Waals surface area contributed by atoms with Crippen LogP contribution < -0.4 is 10.6 Å². The maximum atomic E-state index is 12.8. The molecule has 0 aromatic heterocycles. The maximum Gasteiger partial charge on any atom is 0.247 e. The van der Waals surface area contributed by atoms with Gasteiger partial charge in [-0.3, -0.25) is 9.59 Å².